The zero-order valence-electron chi connectivity index (χ0n) is 14.6. The maximum atomic E-state index is 12.4. The van der Waals surface area contributed by atoms with Crippen molar-refractivity contribution in [2.75, 3.05) is 13.1 Å². The summed E-state index contributed by atoms with van der Waals surface area (Å²) in [6.45, 7) is 4.33. The second-order valence-electron chi connectivity index (χ2n) is 6.81. The van der Waals surface area contributed by atoms with Crippen LogP contribution in [-0.4, -0.2) is 37.4 Å². The summed E-state index contributed by atoms with van der Waals surface area (Å²) < 4.78 is 27.5. The van der Waals surface area contributed by atoms with E-state index in [1.54, 1.807) is 24.3 Å². The van der Waals surface area contributed by atoms with Gasteiger partial charge in [-0.15, -0.1) is 0 Å². The van der Waals surface area contributed by atoms with Crippen molar-refractivity contribution >= 4 is 20.9 Å². The number of pyridine rings is 1. The summed E-state index contributed by atoms with van der Waals surface area (Å²) in [5.74, 6) is 0. The van der Waals surface area contributed by atoms with E-state index < -0.39 is 10.0 Å². The van der Waals surface area contributed by atoms with Gasteiger partial charge in [-0.05, 0) is 42.3 Å². The number of hydrogen-bond donors (Lipinski definition) is 1. The van der Waals surface area contributed by atoms with Crippen molar-refractivity contribution in [2.24, 2.45) is 0 Å². The predicted molar refractivity (Wildman–Crippen MR) is 102 cm³/mol. The fourth-order valence-corrected chi connectivity index (χ4v) is 4.70. The van der Waals surface area contributed by atoms with Gasteiger partial charge in [-0.3, -0.25) is 9.88 Å². The third-order valence-corrected chi connectivity index (χ3v) is 6.23. The minimum absolute atomic E-state index is 0.0385. The molecule has 26 heavy (non-hydrogen) atoms. The highest BCUT2D eigenvalue weighted by atomic mass is 32.2. The van der Waals surface area contributed by atoms with Crippen LogP contribution in [0.25, 0.3) is 10.9 Å². The van der Waals surface area contributed by atoms with E-state index in [9.17, 15) is 8.42 Å². The Morgan fingerprint density at radius 1 is 1.12 bits per heavy atom. The monoisotopic (exact) mass is 367 g/mol. The lowest BCUT2D eigenvalue weighted by molar-refractivity contribution is 0.132. The molecule has 134 valence electrons. The van der Waals surface area contributed by atoms with E-state index >= 15 is 0 Å². The van der Waals surface area contributed by atoms with E-state index in [1.807, 2.05) is 18.3 Å². The van der Waals surface area contributed by atoms with Crippen LogP contribution in [0.15, 0.2) is 65.7 Å². The van der Waals surface area contributed by atoms with Crippen molar-refractivity contribution in [3.8, 4) is 0 Å². The van der Waals surface area contributed by atoms with Crippen molar-refractivity contribution in [2.45, 2.75) is 24.4 Å². The van der Waals surface area contributed by atoms with E-state index in [0.29, 0.717) is 4.90 Å². The van der Waals surface area contributed by atoms with Gasteiger partial charge in [0.2, 0.25) is 10.0 Å². The fraction of sp³-hybridized carbons (Fsp3) is 0.250. The van der Waals surface area contributed by atoms with E-state index in [4.69, 9.17) is 0 Å². The number of sulfonamides is 1. The first-order chi connectivity index (χ1) is 12.5. The summed E-state index contributed by atoms with van der Waals surface area (Å²) in [6, 6.07) is 16.8. The van der Waals surface area contributed by atoms with Crippen LogP contribution in [-0.2, 0) is 16.6 Å². The summed E-state index contributed by atoms with van der Waals surface area (Å²) in [5.41, 5.74) is 3.43. The molecule has 2 heterocycles. The van der Waals surface area contributed by atoms with Gasteiger partial charge in [0.1, 0.15) is 0 Å². The summed E-state index contributed by atoms with van der Waals surface area (Å²) in [7, 11) is -3.44. The molecular weight excluding hydrogens is 346 g/mol. The Morgan fingerprint density at radius 3 is 2.65 bits per heavy atom. The Morgan fingerprint density at radius 2 is 1.88 bits per heavy atom. The lowest BCUT2D eigenvalue weighted by atomic mass is 10.0. The van der Waals surface area contributed by atoms with Crippen molar-refractivity contribution in [3.63, 3.8) is 0 Å². The molecule has 2 aromatic carbocycles. The third-order valence-electron chi connectivity index (χ3n) is 4.69. The fourth-order valence-electron chi connectivity index (χ4n) is 3.46. The van der Waals surface area contributed by atoms with Crippen molar-refractivity contribution in [1.82, 2.24) is 14.6 Å². The van der Waals surface area contributed by atoms with Crippen LogP contribution >= 0.6 is 0 Å². The molecule has 0 radical (unpaired) electrons. The van der Waals surface area contributed by atoms with E-state index in [1.165, 1.54) is 11.1 Å². The average Bonchev–Trinajstić information content (AvgIpc) is 2.61. The second kappa shape index (κ2) is 6.79. The van der Waals surface area contributed by atoms with Crippen molar-refractivity contribution < 1.29 is 8.42 Å². The quantitative estimate of drug-likeness (QED) is 0.753. The number of nitrogens with zero attached hydrogens (tertiary/aromatic N) is 2. The Balaban J connectivity index is 1.38. The molecule has 4 rings (SSSR count). The van der Waals surface area contributed by atoms with Crippen LogP contribution < -0.4 is 4.72 Å². The topological polar surface area (TPSA) is 62.3 Å². The molecule has 1 aliphatic rings. The maximum absolute atomic E-state index is 12.4. The van der Waals surface area contributed by atoms with Gasteiger partial charge in [-0.1, -0.05) is 30.3 Å². The predicted octanol–water partition coefficient (Wildman–Crippen LogP) is 2.71. The SMILES string of the molecule is Cc1cc(CN2CC(NS(=O)(=O)c3ccccc3)C2)cc2cccnc12. The molecule has 1 fully saturated rings. The van der Waals surface area contributed by atoms with Gasteiger partial charge >= 0.3 is 0 Å². The van der Waals surface area contributed by atoms with Crippen LogP contribution in [0, 0.1) is 6.92 Å². The van der Waals surface area contributed by atoms with Gasteiger partial charge in [-0.2, -0.15) is 0 Å². The molecule has 1 aliphatic heterocycles. The Labute approximate surface area is 153 Å². The normalized spacial score (nSPS) is 15.9. The zero-order valence-corrected chi connectivity index (χ0v) is 15.4. The molecule has 0 unspecified atom stereocenters. The third kappa shape index (κ3) is 3.49. The lowest BCUT2D eigenvalue weighted by Crippen LogP contribution is -2.58. The van der Waals surface area contributed by atoms with Crippen LogP contribution in [0.5, 0.6) is 0 Å². The standard InChI is InChI=1S/C20H21N3O2S/c1-15-10-16(11-17-6-5-9-21-20(15)17)12-23-13-18(14-23)22-26(24,25)19-7-3-2-4-8-19/h2-11,18,22H,12-14H2,1H3. The molecule has 0 saturated carbocycles. The molecule has 1 aromatic heterocycles. The summed E-state index contributed by atoms with van der Waals surface area (Å²) in [5, 5.41) is 1.14. The molecule has 0 spiro atoms. The highest BCUT2D eigenvalue weighted by Crippen LogP contribution is 2.22. The number of benzene rings is 2. The molecule has 0 aliphatic carbocycles. The highest BCUT2D eigenvalue weighted by Gasteiger charge is 2.30. The molecule has 3 aromatic rings. The molecular formula is C20H21N3O2S. The summed E-state index contributed by atoms with van der Waals surface area (Å²) in [4.78, 5) is 6.99. The van der Waals surface area contributed by atoms with Gasteiger partial charge in [0.15, 0.2) is 0 Å². The number of fused-ring (bicyclic) bond motifs is 1. The molecule has 5 nitrogen and oxygen atoms in total. The van der Waals surface area contributed by atoms with Gasteiger partial charge in [0.05, 0.1) is 10.4 Å². The summed E-state index contributed by atoms with van der Waals surface area (Å²) in [6.07, 6.45) is 1.81. The number of nitrogens with one attached hydrogen (secondary N) is 1. The Hall–Kier alpha value is -2.28. The Kier molecular flexibility index (Phi) is 4.48. The molecule has 1 saturated heterocycles. The van der Waals surface area contributed by atoms with Gasteiger partial charge in [0.25, 0.3) is 0 Å². The molecule has 0 amide bonds. The molecule has 6 heteroatoms. The lowest BCUT2D eigenvalue weighted by Gasteiger charge is -2.39. The van der Waals surface area contributed by atoms with Gasteiger partial charge in [-0.25, -0.2) is 13.1 Å². The van der Waals surface area contributed by atoms with Crippen LogP contribution in [0.3, 0.4) is 0 Å². The Bertz CT molecular complexity index is 1030. The zero-order chi connectivity index (χ0) is 18.1. The minimum atomic E-state index is -3.44. The van der Waals surface area contributed by atoms with Gasteiger partial charge in [0, 0.05) is 37.3 Å². The minimum Gasteiger partial charge on any atom is -0.296 e. The first kappa shape index (κ1) is 17.1. The smallest absolute Gasteiger partial charge is 0.240 e. The van der Waals surface area contributed by atoms with E-state index in [2.05, 4.69) is 39.7 Å². The molecule has 0 atom stereocenters. The van der Waals surface area contributed by atoms with Crippen molar-refractivity contribution in [3.05, 3.63) is 71.9 Å². The van der Waals surface area contributed by atoms with Crippen molar-refractivity contribution in [1.29, 1.82) is 0 Å². The first-order valence-electron chi connectivity index (χ1n) is 8.65. The van der Waals surface area contributed by atoms with E-state index in [0.717, 1.165) is 30.5 Å². The number of aryl methyl sites for hydroxylation is 1. The number of aromatic nitrogens is 1. The largest absolute Gasteiger partial charge is 0.296 e. The first-order valence-corrected chi connectivity index (χ1v) is 10.1. The number of rotatable bonds is 5. The molecule has 1 N–H and O–H groups in total. The number of hydrogen-bond acceptors (Lipinski definition) is 4. The van der Waals surface area contributed by atoms with Crippen LogP contribution in [0.1, 0.15) is 11.1 Å². The van der Waals surface area contributed by atoms with Crippen LogP contribution in [0.2, 0.25) is 0 Å². The van der Waals surface area contributed by atoms with Crippen LogP contribution in [0.4, 0.5) is 0 Å². The number of likely N-dealkylation sites (tertiary alicyclic amines) is 1. The van der Waals surface area contributed by atoms with E-state index in [-0.39, 0.29) is 6.04 Å². The maximum Gasteiger partial charge on any atom is 0.240 e. The van der Waals surface area contributed by atoms with Gasteiger partial charge < -0.3 is 0 Å². The highest BCUT2D eigenvalue weighted by molar-refractivity contribution is 7.89. The second-order valence-corrected chi connectivity index (χ2v) is 8.53. The average molecular weight is 367 g/mol. The summed E-state index contributed by atoms with van der Waals surface area (Å²) >= 11 is 0. The molecule has 0 bridgehead atoms.